The molecule has 0 bridgehead atoms. The highest BCUT2D eigenvalue weighted by Crippen LogP contribution is 2.36. The standard InChI is InChI=1S/C13H15F3O2S/c1-9(17)8-10(18)6-7-19-12-5-3-2-4-11(12)13(14,15)16/h2-5,10,18H,6-8H2,1H3. The average molecular weight is 292 g/mol. The van der Waals surface area contributed by atoms with Gasteiger partial charge in [-0.2, -0.15) is 13.2 Å². The molecule has 1 unspecified atom stereocenters. The Kier molecular flexibility index (Phi) is 5.87. The van der Waals surface area contributed by atoms with E-state index < -0.39 is 17.8 Å². The zero-order valence-electron chi connectivity index (χ0n) is 10.4. The zero-order chi connectivity index (χ0) is 14.5. The second-order valence-corrected chi connectivity index (χ2v) is 5.33. The first kappa shape index (κ1) is 16.0. The van der Waals surface area contributed by atoms with E-state index in [2.05, 4.69) is 0 Å². The molecular weight excluding hydrogens is 277 g/mol. The summed E-state index contributed by atoms with van der Waals surface area (Å²) in [4.78, 5) is 10.9. The van der Waals surface area contributed by atoms with Gasteiger partial charge in [-0.3, -0.25) is 4.79 Å². The normalized spacial score (nSPS) is 13.3. The van der Waals surface area contributed by atoms with Crippen LogP contribution < -0.4 is 0 Å². The Balaban J connectivity index is 2.57. The molecule has 1 aromatic rings. The third-order valence-corrected chi connectivity index (χ3v) is 3.53. The lowest BCUT2D eigenvalue weighted by molar-refractivity contribution is -0.139. The molecule has 0 amide bonds. The van der Waals surface area contributed by atoms with Crippen LogP contribution in [0.15, 0.2) is 29.2 Å². The van der Waals surface area contributed by atoms with Crippen molar-refractivity contribution in [3.63, 3.8) is 0 Å². The van der Waals surface area contributed by atoms with E-state index in [4.69, 9.17) is 0 Å². The summed E-state index contributed by atoms with van der Waals surface area (Å²) in [5.41, 5.74) is -0.666. The lowest BCUT2D eigenvalue weighted by atomic mass is 10.1. The van der Waals surface area contributed by atoms with E-state index in [1.165, 1.54) is 19.1 Å². The van der Waals surface area contributed by atoms with Gasteiger partial charge in [-0.25, -0.2) is 0 Å². The quantitative estimate of drug-likeness (QED) is 0.815. The second kappa shape index (κ2) is 6.96. The van der Waals surface area contributed by atoms with Gasteiger partial charge in [0.1, 0.15) is 5.78 Å². The van der Waals surface area contributed by atoms with Gasteiger partial charge in [0.05, 0.1) is 11.7 Å². The van der Waals surface area contributed by atoms with Crippen molar-refractivity contribution in [1.29, 1.82) is 0 Å². The summed E-state index contributed by atoms with van der Waals surface area (Å²) in [5, 5.41) is 9.47. The van der Waals surface area contributed by atoms with Gasteiger partial charge in [0.25, 0.3) is 0 Å². The van der Waals surface area contributed by atoms with Crippen LogP contribution >= 0.6 is 11.8 Å². The molecule has 0 aromatic heterocycles. The van der Waals surface area contributed by atoms with Gasteiger partial charge in [0.15, 0.2) is 0 Å². The molecule has 2 nitrogen and oxygen atoms in total. The van der Waals surface area contributed by atoms with E-state index >= 15 is 0 Å². The average Bonchev–Trinajstić information content (AvgIpc) is 2.27. The lowest BCUT2D eigenvalue weighted by Gasteiger charge is -2.13. The fourth-order valence-electron chi connectivity index (χ4n) is 1.57. The van der Waals surface area contributed by atoms with Gasteiger partial charge in [0, 0.05) is 17.1 Å². The predicted octanol–water partition coefficient (Wildman–Crippen LogP) is 3.53. The van der Waals surface area contributed by atoms with Crippen molar-refractivity contribution in [2.75, 3.05) is 5.75 Å². The van der Waals surface area contributed by atoms with E-state index in [9.17, 15) is 23.1 Å². The first-order valence-electron chi connectivity index (χ1n) is 5.77. The highest BCUT2D eigenvalue weighted by Gasteiger charge is 2.33. The number of benzene rings is 1. The fourth-order valence-corrected chi connectivity index (χ4v) is 2.69. The second-order valence-electron chi connectivity index (χ2n) is 4.19. The first-order chi connectivity index (χ1) is 8.80. The number of thioether (sulfide) groups is 1. The summed E-state index contributed by atoms with van der Waals surface area (Å²) in [6.45, 7) is 1.37. The number of hydrogen-bond donors (Lipinski definition) is 1. The van der Waals surface area contributed by atoms with Gasteiger partial charge >= 0.3 is 6.18 Å². The highest BCUT2D eigenvalue weighted by atomic mass is 32.2. The third kappa shape index (κ3) is 5.65. The van der Waals surface area contributed by atoms with Crippen LogP contribution in [0.4, 0.5) is 13.2 Å². The van der Waals surface area contributed by atoms with Crippen molar-refractivity contribution in [2.45, 2.75) is 36.9 Å². The third-order valence-electron chi connectivity index (χ3n) is 2.42. The summed E-state index contributed by atoms with van der Waals surface area (Å²) in [6, 6.07) is 5.33. The summed E-state index contributed by atoms with van der Waals surface area (Å²) in [6.07, 6.45) is -4.83. The maximum atomic E-state index is 12.7. The number of alkyl halides is 3. The maximum Gasteiger partial charge on any atom is 0.417 e. The first-order valence-corrected chi connectivity index (χ1v) is 6.76. The highest BCUT2D eigenvalue weighted by molar-refractivity contribution is 7.99. The van der Waals surface area contributed by atoms with E-state index in [-0.39, 0.29) is 23.5 Å². The van der Waals surface area contributed by atoms with Crippen molar-refractivity contribution in [3.8, 4) is 0 Å². The predicted molar refractivity (Wildman–Crippen MR) is 68.1 cm³/mol. The molecule has 19 heavy (non-hydrogen) atoms. The molecule has 0 aliphatic rings. The molecule has 0 aliphatic carbocycles. The number of aliphatic hydroxyl groups excluding tert-OH is 1. The minimum Gasteiger partial charge on any atom is -0.393 e. The molecule has 0 aliphatic heterocycles. The van der Waals surface area contributed by atoms with Crippen molar-refractivity contribution >= 4 is 17.5 Å². The molecule has 1 rings (SSSR count). The number of hydrogen-bond acceptors (Lipinski definition) is 3. The number of Topliss-reactive ketones (excluding diaryl/α,β-unsaturated/α-hetero) is 1. The molecule has 106 valence electrons. The summed E-state index contributed by atoms with van der Waals surface area (Å²) in [5.74, 6) is 0.204. The van der Waals surface area contributed by atoms with E-state index in [1.54, 1.807) is 6.07 Å². The molecule has 1 atom stereocenters. The summed E-state index contributed by atoms with van der Waals surface area (Å²) >= 11 is 1.04. The smallest absolute Gasteiger partial charge is 0.393 e. The number of rotatable bonds is 6. The number of aliphatic hydroxyl groups is 1. The molecular formula is C13H15F3O2S. The van der Waals surface area contributed by atoms with Crippen LogP contribution in [-0.2, 0) is 11.0 Å². The molecule has 0 fully saturated rings. The molecule has 0 spiro atoms. The molecule has 1 aromatic carbocycles. The molecule has 0 saturated carbocycles. The van der Waals surface area contributed by atoms with Crippen molar-refractivity contribution in [3.05, 3.63) is 29.8 Å². The Morgan fingerprint density at radius 1 is 1.37 bits per heavy atom. The molecule has 0 radical (unpaired) electrons. The largest absolute Gasteiger partial charge is 0.417 e. The maximum absolute atomic E-state index is 12.7. The Morgan fingerprint density at radius 2 is 2.00 bits per heavy atom. The SMILES string of the molecule is CC(=O)CC(O)CCSc1ccccc1C(F)(F)F. The number of halogens is 3. The van der Waals surface area contributed by atoms with Crippen LogP contribution in [0.2, 0.25) is 0 Å². The molecule has 0 heterocycles. The van der Waals surface area contributed by atoms with Crippen LogP contribution in [0.25, 0.3) is 0 Å². The zero-order valence-corrected chi connectivity index (χ0v) is 11.2. The van der Waals surface area contributed by atoms with Gasteiger partial charge in [-0.1, -0.05) is 12.1 Å². The minimum atomic E-state index is -4.37. The van der Waals surface area contributed by atoms with Crippen LogP contribution in [-0.4, -0.2) is 22.7 Å². The van der Waals surface area contributed by atoms with E-state index in [1.807, 2.05) is 0 Å². The molecule has 1 N–H and O–H groups in total. The Labute approximate surface area is 114 Å². The topological polar surface area (TPSA) is 37.3 Å². The molecule has 0 saturated heterocycles. The van der Waals surface area contributed by atoms with Crippen LogP contribution in [0, 0.1) is 0 Å². The Morgan fingerprint density at radius 3 is 2.58 bits per heavy atom. The van der Waals surface area contributed by atoms with Crippen molar-refractivity contribution in [1.82, 2.24) is 0 Å². The minimum absolute atomic E-state index is 0.0431. The fraction of sp³-hybridized carbons (Fsp3) is 0.462. The summed E-state index contributed by atoms with van der Waals surface area (Å²) in [7, 11) is 0. The van der Waals surface area contributed by atoms with Crippen LogP contribution in [0.3, 0.4) is 0 Å². The number of carbonyl (C=O) groups excluding carboxylic acids is 1. The van der Waals surface area contributed by atoms with E-state index in [0.29, 0.717) is 5.75 Å². The molecule has 6 heteroatoms. The Hall–Kier alpha value is -1.01. The number of ketones is 1. The van der Waals surface area contributed by atoms with Crippen LogP contribution in [0.5, 0.6) is 0 Å². The van der Waals surface area contributed by atoms with Gasteiger partial charge in [-0.15, -0.1) is 11.8 Å². The van der Waals surface area contributed by atoms with Crippen molar-refractivity contribution in [2.24, 2.45) is 0 Å². The van der Waals surface area contributed by atoms with Gasteiger partial charge < -0.3 is 5.11 Å². The van der Waals surface area contributed by atoms with Crippen molar-refractivity contribution < 1.29 is 23.1 Å². The Bertz CT molecular complexity index is 432. The monoisotopic (exact) mass is 292 g/mol. The summed E-state index contributed by atoms with van der Waals surface area (Å²) < 4.78 is 38.1. The lowest BCUT2D eigenvalue weighted by Crippen LogP contribution is -2.12. The van der Waals surface area contributed by atoms with Gasteiger partial charge in [-0.05, 0) is 25.5 Å². The van der Waals surface area contributed by atoms with E-state index in [0.717, 1.165) is 17.8 Å². The van der Waals surface area contributed by atoms with Crippen LogP contribution in [0.1, 0.15) is 25.3 Å². The van der Waals surface area contributed by atoms with Gasteiger partial charge in [0.2, 0.25) is 0 Å². The number of carbonyl (C=O) groups is 1.